The van der Waals surface area contributed by atoms with Crippen molar-refractivity contribution in [1.29, 1.82) is 0 Å². The molecule has 8 nitrogen and oxygen atoms in total. The number of aliphatic carboxylic acids is 1. The van der Waals surface area contributed by atoms with Gasteiger partial charge < -0.3 is 15.7 Å². The van der Waals surface area contributed by atoms with Crippen molar-refractivity contribution in [2.45, 2.75) is 44.4 Å². The van der Waals surface area contributed by atoms with E-state index in [1.165, 1.54) is 5.56 Å². The van der Waals surface area contributed by atoms with E-state index < -0.39 is 5.97 Å². The maximum absolute atomic E-state index is 11.3. The van der Waals surface area contributed by atoms with Gasteiger partial charge in [-0.15, -0.1) is 0 Å². The van der Waals surface area contributed by atoms with Crippen LogP contribution in [0.5, 0.6) is 0 Å². The number of benzene rings is 2. The van der Waals surface area contributed by atoms with Gasteiger partial charge in [0.2, 0.25) is 0 Å². The van der Waals surface area contributed by atoms with E-state index in [0.717, 1.165) is 97.7 Å². The maximum Gasteiger partial charge on any atom is 0.306 e. The van der Waals surface area contributed by atoms with Gasteiger partial charge in [0.1, 0.15) is 11.3 Å². The maximum atomic E-state index is 11.3. The van der Waals surface area contributed by atoms with Crippen molar-refractivity contribution in [2.24, 2.45) is 11.8 Å². The number of hydrogen-bond acceptors (Lipinski definition) is 6. The molecule has 0 bridgehead atoms. The van der Waals surface area contributed by atoms with Crippen molar-refractivity contribution in [3.63, 3.8) is 0 Å². The normalized spacial score (nSPS) is 19.7. The summed E-state index contributed by atoms with van der Waals surface area (Å²) in [6.45, 7) is 3.28. The summed E-state index contributed by atoms with van der Waals surface area (Å²) in [6, 6.07) is 26.9. The van der Waals surface area contributed by atoms with Crippen molar-refractivity contribution in [1.82, 2.24) is 24.4 Å². The summed E-state index contributed by atoms with van der Waals surface area (Å²) in [6.07, 6.45) is 7.70. The third kappa shape index (κ3) is 5.69. The average molecular weight is 587 g/mol. The fourth-order valence-electron chi connectivity index (χ4n) is 7.06. The molecule has 0 spiro atoms. The molecule has 0 radical (unpaired) electrons. The number of aromatic nitrogens is 4. The predicted molar refractivity (Wildman–Crippen MR) is 173 cm³/mol. The number of hydrogen-bond donors (Lipinski definition) is 2. The van der Waals surface area contributed by atoms with E-state index in [1.54, 1.807) is 6.20 Å². The highest BCUT2D eigenvalue weighted by molar-refractivity contribution is 5.84. The molecule has 1 saturated carbocycles. The van der Waals surface area contributed by atoms with E-state index >= 15 is 0 Å². The van der Waals surface area contributed by atoms with E-state index in [1.807, 2.05) is 42.5 Å². The Morgan fingerprint density at radius 3 is 2.30 bits per heavy atom. The number of pyridine rings is 2. The van der Waals surface area contributed by atoms with Gasteiger partial charge in [0, 0.05) is 24.0 Å². The second-order valence-electron chi connectivity index (χ2n) is 12.3. The molecule has 3 aromatic heterocycles. The summed E-state index contributed by atoms with van der Waals surface area (Å²) in [4.78, 5) is 28.3. The first-order valence-corrected chi connectivity index (χ1v) is 15.7. The van der Waals surface area contributed by atoms with E-state index in [0.29, 0.717) is 17.7 Å². The van der Waals surface area contributed by atoms with Crippen LogP contribution >= 0.6 is 0 Å². The Morgan fingerprint density at radius 2 is 1.59 bits per heavy atom. The van der Waals surface area contributed by atoms with Crippen LogP contribution in [0, 0.1) is 11.8 Å². The van der Waals surface area contributed by atoms with Crippen LogP contribution in [0.4, 0.5) is 5.82 Å². The van der Waals surface area contributed by atoms with Crippen LogP contribution < -0.4 is 5.73 Å². The number of fused-ring (bicyclic) bond motifs is 1. The number of anilines is 1. The summed E-state index contributed by atoms with van der Waals surface area (Å²) in [7, 11) is 0. The van der Waals surface area contributed by atoms with Gasteiger partial charge >= 0.3 is 5.97 Å². The molecule has 224 valence electrons. The molecular weight excluding hydrogens is 548 g/mol. The highest BCUT2D eigenvalue weighted by Gasteiger charge is 2.29. The van der Waals surface area contributed by atoms with E-state index in [2.05, 4.69) is 50.8 Å². The third-order valence-electron chi connectivity index (χ3n) is 9.58. The second kappa shape index (κ2) is 12.2. The summed E-state index contributed by atoms with van der Waals surface area (Å²) in [5, 5.41) is 9.31. The molecule has 4 heterocycles. The Labute approximate surface area is 257 Å². The molecule has 0 atom stereocenters. The van der Waals surface area contributed by atoms with Crippen molar-refractivity contribution in [2.75, 3.05) is 25.4 Å². The van der Waals surface area contributed by atoms with Crippen LogP contribution in [0.25, 0.3) is 39.5 Å². The number of piperidine rings is 1. The van der Waals surface area contributed by atoms with Crippen LogP contribution in [0.2, 0.25) is 0 Å². The standard InChI is InChI=1S/C36H38N6O2/c37-33-30(7-4-20-38-33)34-40-32-17-16-31(27-5-2-1-3-6-27)39-35(32)42(34)29-14-12-25(13-15-29)26-18-21-41(22-19-26)23-24-8-10-28(11-9-24)36(43)44/h1-7,12-17,20,24,26,28H,8-11,18-19,21-23H2,(H2,37,38)(H,43,44). The minimum Gasteiger partial charge on any atom is -0.481 e. The lowest BCUT2D eigenvalue weighted by atomic mass is 9.81. The van der Waals surface area contributed by atoms with Gasteiger partial charge in [-0.3, -0.25) is 9.36 Å². The largest absolute Gasteiger partial charge is 0.481 e. The number of carbonyl (C=O) groups is 1. The Bertz CT molecular complexity index is 1750. The Kier molecular flexibility index (Phi) is 7.83. The quantitative estimate of drug-likeness (QED) is 0.216. The number of nitrogen functional groups attached to an aromatic ring is 1. The highest BCUT2D eigenvalue weighted by atomic mass is 16.4. The SMILES string of the molecule is Nc1ncccc1-c1nc2ccc(-c3ccccc3)nc2n1-c1ccc(C2CCN(CC3CCC(C(=O)O)CC3)CC2)cc1. The molecule has 5 aromatic rings. The zero-order chi connectivity index (χ0) is 30.0. The van der Waals surface area contributed by atoms with Gasteiger partial charge in [-0.1, -0.05) is 42.5 Å². The number of nitrogens with zero attached hydrogens (tertiary/aromatic N) is 5. The molecule has 0 amide bonds. The van der Waals surface area contributed by atoms with Crippen molar-refractivity contribution >= 4 is 23.0 Å². The molecule has 44 heavy (non-hydrogen) atoms. The van der Waals surface area contributed by atoms with E-state index in [4.69, 9.17) is 15.7 Å². The van der Waals surface area contributed by atoms with Crippen molar-refractivity contribution in [3.8, 4) is 28.3 Å². The zero-order valence-electron chi connectivity index (χ0n) is 24.8. The van der Waals surface area contributed by atoms with Crippen LogP contribution in [0.15, 0.2) is 85.1 Å². The number of imidazole rings is 1. The fourth-order valence-corrected chi connectivity index (χ4v) is 7.06. The summed E-state index contributed by atoms with van der Waals surface area (Å²) in [5.41, 5.74) is 13.0. The highest BCUT2D eigenvalue weighted by Crippen LogP contribution is 2.35. The molecular formula is C36H38N6O2. The second-order valence-corrected chi connectivity index (χ2v) is 12.3. The van der Waals surface area contributed by atoms with Crippen molar-refractivity contribution in [3.05, 3.63) is 90.6 Å². The average Bonchev–Trinajstić information content (AvgIpc) is 3.45. The van der Waals surface area contributed by atoms with Crippen LogP contribution in [0.1, 0.15) is 50.0 Å². The van der Waals surface area contributed by atoms with Gasteiger partial charge in [0.15, 0.2) is 11.5 Å². The first kappa shape index (κ1) is 28.2. The Morgan fingerprint density at radius 1 is 0.841 bits per heavy atom. The Balaban J connectivity index is 1.12. The lowest BCUT2D eigenvalue weighted by molar-refractivity contribution is -0.143. The summed E-state index contributed by atoms with van der Waals surface area (Å²) in [5.74, 6) is 1.55. The van der Waals surface area contributed by atoms with E-state index in [-0.39, 0.29) is 5.92 Å². The monoisotopic (exact) mass is 586 g/mol. The number of likely N-dealkylation sites (tertiary alicyclic amines) is 1. The van der Waals surface area contributed by atoms with Gasteiger partial charge in [-0.25, -0.2) is 15.0 Å². The smallest absolute Gasteiger partial charge is 0.306 e. The molecule has 2 aliphatic rings. The molecule has 1 aliphatic carbocycles. The van der Waals surface area contributed by atoms with Gasteiger partial charge in [0.25, 0.3) is 0 Å². The fraction of sp³-hybridized carbons (Fsp3) is 0.333. The first-order valence-electron chi connectivity index (χ1n) is 15.7. The van der Waals surface area contributed by atoms with Crippen LogP contribution in [-0.2, 0) is 4.79 Å². The van der Waals surface area contributed by atoms with Crippen LogP contribution in [0.3, 0.4) is 0 Å². The first-order chi connectivity index (χ1) is 21.5. The summed E-state index contributed by atoms with van der Waals surface area (Å²) >= 11 is 0. The number of carboxylic acids is 1. The zero-order valence-corrected chi connectivity index (χ0v) is 24.8. The van der Waals surface area contributed by atoms with Gasteiger partial charge in [-0.05, 0) is 105 Å². The van der Waals surface area contributed by atoms with E-state index in [9.17, 15) is 9.90 Å². The predicted octanol–water partition coefficient (Wildman–Crippen LogP) is 6.80. The lowest BCUT2D eigenvalue weighted by Gasteiger charge is -2.36. The van der Waals surface area contributed by atoms with Crippen molar-refractivity contribution < 1.29 is 9.90 Å². The molecule has 2 aromatic carbocycles. The molecule has 8 heteroatoms. The molecule has 0 unspecified atom stereocenters. The molecule has 1 saturated heterocycles. The number of nitrogens with two attached hydrogens (primary N) is 1. The lowest BCUT2D eigenvalue weighted by Crippen LogP contribution is -2.38. The third-order valence-corrected chi connectivity index (χ3v) is 9.58. The topological polar surface area (TPSA) is 110 Å². The van der Waals surface area contributed by atoms with Gasteiger partial charge in [-0.2, -0.15) is 0 Å². The molecule has 2 fully saturated rings. The Hall–Kier alpha value is -4.56. The minimum absolute atomic E-state index is 0.139. The minimum atomic E-state index is -0.623. The molecule has 7 rings (SSSR count). The number of rotatable bonds is 7. The molecule has 3 N–H and O–H groups in total. The molecule has 1 aliphatic heterocycles. The number of carboxylic acid groups (broad SMARTS) is 1. The van der Waals surface area contributed by atoms with Gasteiger partial charge in [0.05, 0.1) is 17.2 Å². The summed E-state index contributed by atoms with van der Waals surface area (Å²) < 4.78 is 2.10. The van der Waals surface area contributed by atoms with Crippen LogP contribution in [-0.4, -0.2) is 55.1 Å².